The lowest BCUT2D eigenvalue weighted by molar-refractivity contribution is -0.143. The molecule has 0 saturated carbocycles. The van der Waals surface area contributed by atoms with Crippen LogP contribution in [-0.2, 0) is 16.0 Å². The molecule has 0 fully saturated rings. The van der Waals surface area contributed by atoms with E-state index >= 15 is 0 Å². The van der Waals surface area contributed by atoms with Crippen molar-refractivity contribution in [3.8, 4) is 0 Å². The summed E-state index contributed by atoms with van der Waals surface area (Å²) >= 11 is 0. The zero-order valence-electron chi connectivity index (χ0n) is 10.1. The van der Waals surface area contributed by atoms with E-state index in [4.69, 9.17) is 9.47 Å². The van der Waals surface area contributed by atoms with Gasteiger partial charge in [-0.1, -0.05) is 0 Å². The Hall–Kier alpha value is -0.800. The van der Waals surface area contributed by atoms with Gasteiger partial charge in [-0.25, -0.2) is 0 Å². The Morgan fingerprint density at radius 1 is 1.07 bits per heavy atom. The predicted octanol–water partition coefficient (Wildman–Crippen LogP) is 2.50. The van der Waals surface area contributed by atoms with Crippen LogP contribution in [-0.4, -0.2) is 24.1 Å². The average molecular weight is 211 g/mol. The molecule has 0 bridgehead atoms. The Labute approximate surface area is 92.0 Å². The van der Waals surface area contributed by atoms with E-state index in [1.165, 1.54) is 11.4 Å². The van der Waals surface area contributed by atoms with Crippen molar-refractivity contribution < 1.29 is 9.47 Å². The lowest BCUT2D eigenvalue weighted by atomic mass is 10.4. The first-order chi connectivity index (χ1) is 7.19. The summed E-state index contributed by atoms with van der Waals surface area (Å²) in [4.78, 5) is 0. The summed E-state index contributed by atoms with van der Waals surface area (Å²) < 4.78 is 13.3. The first-order valence-corrected chi connectivity index (χ1v) is 5.55. The van der Waals surface area contributed by atoms with Crippen LogP contribution in [0.3, 0.4) is 0 Å². The summed E-state index contributed by atoms with van der Waals surface area (Å²) in [6, 6.07) is 4.23. The van der Waals surface area contributed by atoms with Crippen LogP contribution in [0.15, 0.2) is 12.1 Å². The van der Waals surface area contributed by atoms with Gasteiger partial charge in [0.15, 0.2) is 6.29 Å². The fourth-order valence-electron chi connectivity index (χ4n) is 1.66. The molecule has 1 aromatic heterocycles. The van der Waals surface area contributed by atoms with Gasteiger partial charge in [0.2, 0.25) is 0 Å². The Balaban J connectivity index is 2.64. The molecule has 1 rings (SSSR count). The van der Waals surface area contributed by atoms with Crippen LogP contribution in [0.1, 0.15) is 25.2 Å². The van der Waals surface area contributed by atoms with Gasteiger partial charge in [0, 0.05) is 24.6 Å². The molecule has 1 aromatic rings. The van der Waals surface area contributed by atoms with Crippen molar-refractivity contribution >= 4 is 0 Å². The van der Waals surface area contributed by atoms with E-state index in [-0.39, 0.29) is 6.29 Å². The van der Waals surface area contributed by atoms with Gasteiger partial charge in [0.25, 0.3) is 0 Å². The minimum Gasteiger partial charge on any atom is -0.351 e. The minimum absolute atomic E-state index is 0.134. The molecule has 1 heterocycles. The predicted molar refractivity (Wildman–Crippen MR) is 60.9 cm³/mol. The summed E-state index contributed by atoms with van der Waals surface area (Å²) in [6.45, 7) is 10.3. The Kier molecular flexibility index (Phi) is 4.85. The minimum atomic E-state index is -0.134. The fourth-order valence-corrected chi connectivity index (χ4v) is 1.66. The zero-order chi connectivity index (χ0) is 11.3. The monoisotopic (exact) mass is 211 g/mol. The Morgan fingerprint density at radius 2 is 1.53 bits per heavy atom. The second-order valence-corrected chi connectivity index (χ2v) is 3.57. The van der Waals surface area contributed by atoms with Crippen molar-refractivity contribution in [2.24, 2.45) is 0 Å². The van der Waals surface area contributed by atoms with Gasteiger partial charge >= 0.3 is 0 Å². The van der Waals surface area contributed by atoms with Gasteiger partial charge in [-0.15, -0.1) is 0 Å². The largest absolute Gasteiger partial charge is 0.351 e. The molecule has 0 aliphatic rings. The molecule has 0 N–H and O–H groups in total. The molecule has 0 amide bonds. The molecule has 0 aromatic carbocycles. The van der Waals surface area contributed by atoms with E-state index in [0.717, 1.165) is 6.54 Å². The lowest BCUT2D eigenvalue weighted by Gasteiger charge is -2.19. The summed E-state index contributed by atoms with van der Waals surface area (Å²) in [7, 11) is 0. The number of aromatic nitrogens is 1. The number of hydrogen-bond acceptors (Lipinski definition) is 2. The van der Waals surface area contributed by atoms with E-state index in [9.17, 15) is 0 Å². The molecule has 15 heavy (non-hydrogen) atoms. The summed E-state index contributed by atoms with van der Waals surface area (Å²) in [5.74, 6) is 0. The van der Waals surface area contributed by atoms with Gasteiger partial charge in [-0.3, -0.25) is 0 Å². The smallest absolute Gasteiger partial charge is 0.175 e. The number of nitrogens with zero attached hydrogens (tertiary/aromatic N) is 1. The van der Waals surface area contributed by atoms with Crippen molar-refractivity contribution in [3.05, 3.63) is 23.5 Å². The second kappa shape index (κ2) is 5.93. The van der Waals surface area contributed by atoms with E-state index in [0.29, 0.717) is 13.2 Å². The third-order valence-corrected chi connectivity index (χ3v) is 2.45. The van der Waals surface area contributed by atoms with Crippen LogP contribution in [0.4, 0.5) is 0 Å². The van der Waals surface area contributed by atoms with Gasteiger partial charge in [0.1, 0.15) is 0 Å². The van der Waals surface area contributed by atoms with Crippen LogP contribution in [0.5, 0.6) is 0 Å². The Bertz CT molecular complexity index is 268. The molecule has 0 radical (unpaired) electrons. The van der Waals surface area contributed by atoms with Crippen LogP contribution in [0, 0.1) is 13.8 Å². The quantitative estimate of drug-likeness (QED) is 0.675. The highest BCUT2D eigenvalue weighted by Crippen LogP contribution is 2.10. The van der Waals surface area contributed by atoms with Crippen molar-refractivity contribution in [2.45, 2.75) is 40.5 Å². The van der Waals surface area contributed by atoms with Crippen LogP contribution >= 0.6 is 0 Å². The van der Waals surface area contributed by atoms with E-state index in [2.05, 4.69) is 30.5 Å². The lowest BCUT2D eigenvalue weighted by Crippen LogP contribution is -2.24. The molecule has 86 valence electrons. The van der Waals surface area contributed by atoms with E-state index < -0.39 is 0 Å². The normalized spacial score (nSPS) is 11.3. The first-order valence-electron chi connectivity index (χ1n) is 5.55. The second-order valence-electron chi connectivity index (χ2n) is 3.57. The fraction of sp³-hybridized carbons (Fsp3) is 0.667. The summed E-state index contributed by atoms with van der Waals surface area (Å²) in [5.41, 5.74) is 2.49. The highest BCUT2D eigenvalue weighted by atomic mass is 16.7. The highest BCUT2D eigenvalue weighted by Gasteiger charge is 2.11. The van der Waals surface area contributed by atoms with Gasteiger partial charge in [0.05, 0.1) is 6.54 Å². The van der Waals surface area contributed by atoms with Crippen LogP contribution in [0.25, 0.3) is 0 Å². The number of rotatable bonds is 6. The molecule has 0 aliphatic carbocycles. The highest BCUT2D eigenvalue weighted by molar-refractivity contribution is 5.13. The van der Waals surface area contributed by atoms with Crippen LogP contribution < -0.4 is 0 Å². The molecular weight excluding hydrogens is 190 g/mol. The van der Waals surface area contributed by atoms with Crippen molar-refractivity contribution in [1.82, 2.24) is 4.57 Å². The zero-order valence-corrected chi connectivity index (χ0v) is 10.1. The third kappa shape index (κ3) is 3.36. The summed E-state index contributed by atoms with van der Waals surface area (Å²) in [5, 5.41) is 0. The van der Waals surface area contributed by atoms with E-state index in [1.807, 2.05) is 13.8 Å². The molecular formula is C12H21NO2. The maximum Gasteiger partial charge on any atom is 0.175 e. The summed E-state index contributed by atoms with van der Waals surface area (Å²) in [6.07, 6.45) is -0.134. The number of hydrogen-bond donors (Lipinski definition) is 0. The van der Waals surface area contributed by atoms with Crippen LogP contribution in [0.2, 0.25) is 0 Å². The molecule has 0 saturated heterocycles. The maximum atomic E-state index is 5.52. The van der Waals surface area contributed by atoms with Gasteiger partial charge in [-0.2, -0.15) is 0 Å². The standard InChI is InChI=1S/C12H21NO2/c1-5-14-12(15-6-2)9-13-10(3)7-8-11(13)4/h7-8,12H,5-6,9H2,1-4H3. The van der Waals surface area contributed by atoms with E-state index in [1.54, 1.807) is 0 Å². The molecule has 3 heteroatoms. The molecule has 3 nitrogen and oxygen atoms in total. The topological polar surface area (TPSA) is 23.4 Å². The molecule has 0 atom stereocenters. The van der Waals surface area contributed by atoms with Gasteiger partial charge in [-0.05, 0) is 39.8 Å². The van der Waals surface area contributed by atoms with Gasteiger partial charge < -0.3 is 14.0 Å². The Morgan fingerprint density at radius 3 is 1.93 bits per heavy atom. The number of aryl methyl sites for hydroxylation is 2. The SMILES string of the molecule is CCOC(Cn1c(C)ccc1C)OCC. The van der Waals surface area contributed by atoms with Crippen molar-refractivity contribution in [3.63, 3.8) is 0 Å². The first kappa shape index (κ1) is 12.3. The van der Waals surface area contributed by atoms with Crippen molar-refractivity contribution in [1.29, 1.82) is 0 Å². The third-order valence-electron chi connectivity index (χ3n) is 2.45. The average Bonchev–Trinajstić information content (AvgIpc) is 2.50. The molecule has 0 unspecified atom stereocenters. The number of ether oxygens (including phenoxy) is 2. The molecule has 0 aliphatic heterocycles. The molecule has 0 spiro atoms. The van der Waals surface area contributed by atoms with Crippen molar-refractivity contribution in [2.75, 3.05) is 13.2 Å². The maximum absolute atomic E-state index is 5.52.